The number of rotatable bonds is 4. The summed E-state index contributed by atoms with van der Waals surface area (Å²) in [5.41, 5.74) is 2.37. The number of hydrogen-bond acceptors (Lipinski definition) is 2. The Morgan fingerprint density at radius 2 is 1.84 bits per heavy atom. The third kappa shape index (κ3) is 4.02. The summed E-state index contributed by atoms with van der Waals surface area (Å²) in [6, 6.07) is 14.8. The van der Waals surface area contributed by atoms with Gasteiger partial charge in [0.2, 0.25) is 5.91 Å². The Balaban J connectivity index is 1.70. The van der Waals surface area contributed by atoms with E-state index in [0.29, 0.717) is 23.6 Å². The summed E-state index contributed by atoms with van der Waals surface area (Å²) < 4.78 is 0. The summed E-state index contributed by atoms with van der Waals surface area (Å²) in [6.07, 6.45) is 2.58. The molecular weight excluding hydrogens is 336 g/mol. The SMILES string of the molecule is CN(Cc1ccccc1Cl)C(=O)c1ccc(N2CCCCC2=O)cc1. The Bertz CT molecular complexity index is 774. The Morgan fingerprint density at radius 3 is 2.52 bits per heavy atom. The van der Waals surface area contributed by atoms with Crippen LogP contribution in [0.15, 0.2) is 48.5 Å². The third-order valence-electron chi connectivity index (χ3n) is 4.46. The van der Waals surface area contributed by atoms with Crippen molar-refractivity contribution in [2.45, 2.75) is 25.8 Å². The molecule has 130 valence electrons. The average molecular weight is 357 g/mol. The second-order valence-electron chi connectivity index (χ2n) is 6.30. The van der Waals surface area contributed by atoms with E-state index in [4.69, 9.17) is 11.6 Å². The van der Waals surface area contributed by atoms with Crippen molar-refractivity contribution in [3.8, 4) is 0 Å². The maximum atomic E-state index is 12.6. The molecule has 1 aliphatic heterocycles. The number of amides is 2. The maximum absolute atomic E-state index is 12.6. The van der Waals surface area contributed by atoms with Gasteiger partial charge in [-0.2, -0.15) is 0 Å². The Labute approximate surface area is 153 Å². The summed E-state index contributed by atoms with van der Waals surface area (Å²) in [7, 11) is 1.76. The quantitative estimate of drug-likeness (QED) is 0.826. The van der Waals surface area contributed by atoms with Crippen molar-refractivity contribution in [1.29, 1.82) is 0 Å². The molecule has 2 amide bonds. The molecule has 5 heteroatoms. The van der Waals surface area contributed by atoms with Crippen molar-refractivity contribution in [3.05, 3.63) is 64.7 Å². The number of hydrogen-bond donors (Lipinski definition) is 0. The minimum Gasteiger partial charge on any atom is -0.337 e. The van der Waals surface area contributed by atoms with Crippen molar-refractivity contribution >= 4 is 29.1 Å². The van der Waals surface area contributed by atoms with E-state index in [2.05, 4.69) is 0 Å². The minimum absolute atomic E-state index is 0.0727. The number of halogens is 1. The van der Waals surface area contributed by atoms with Gasteiger partial charge in [0, 0.05) is 42.8 Å². The predicted octanol–water partition coefficient (Wildman–Crippen LogP) is 4.13. The Hall–Kier alpha value is -2.33. The lowest BCUT2D eigenvalue weighted by Crippen LogP contribution is -2.35. The van der Waals surface area contributed by atoms with Crippen molar-refractivity contribution in [2.75, 3.05) is 18.5 Å². The summed E-state index contributed by atoms with van der Waals surface area (Å²) in [5, 5.41) is 0.654. The molecule has 1 saturated heterocycles. The van der Waals surface area contributed by atoms with Crippen LogP contribution in [0.5, 0.6) is 0 Å². The zero-order chi connectivity index (χ0) is 17.8. The zero-order valence-corrected chi connectivity index (χ0v) is 15.0. The standard InChI is InChI=1S/C20H21ClN2O2/c1-22(14-16-6-2-3-7-18(16)21)20(25)15-9-11-17(12-10-15)23-13-5-4-8-19(23)24/h2-3,6-7,9-12H,4-5,8,13-14H2,1H3. The Morgan fingerprint density at radius 1 is 1.12 bits per heavy atom. The fraction of sp³-hybridized carbons (Fsp3) is 0.300. The summed E-state index contributed by atoms with van der Waals surface area (Å²) >= 11 is 6.16. The highest BCUT2D eigenvalue weighted by Gasteiger charge is 2.20. The fourth-order valence-electron chi connectivity index (χ4n) is 3.04. The number of benzene rings is 2. The molecule has 1 fully saturated rings. The number of nitrogens with zero attached hydrogens (tertiary/aromatic N) is 2. The molecule has 2 aromatic carbocycles. The number of carbonyl (C=O) groups is 2. The molecule has 0 bridgehead atoms. The second kappa shape index (κ2) is 7.70. The first kappa shape index (κ1) is 17.5. The van der Waals surface area contributed by atoms with Gasteiger partial charge in [-0.1, -0.05) is 29.8 Å². The highest BCUT2D eigenvalue weighted by molar-refractivity contribution is 6.31. The van der Waals surface area contributed by atoms with Crippen molar-refractivity contribution in [1.82, 2.24) is 4.90 Å². The van der Waals surface area contributed by atoms with Crippen LogP contribution < -0.4 is 4.90 Å². The first-order valence-corrected chi connectivity index (χ1v) is 8.83. The van der Waals surface area contributed by atoms with E-state index in [9.17, 15) is 9.59 Å². The van der Waals surface area contributed by atoms with Crippen LogP contribution in [0.2, 0.25) is 5.02 Å². The molecule has 0 N–H and O–H groups in total. The van der Waals surface area contributed by atoms with Gasteiger partial charge in [-0.15, -0.1) is 0 Å². The molecule has 1 heterocycles. The highest BCUT2D eigenvalue weighted by Crippen LogP contribution is 2.22. The van der Waals surface area contributed by atoms with Crippen LogP contribution in [-0.2, 0) is 11.3 Å². The molecule has 0 unspecified atom stereocenters. The molecular formula is C20H21ClN2O2. The largest absolute Gasteiger partial charge is 0.337 e. The number of anilines is 1. The zero-order valence-electron chi connectivity index (χ0n) is 14.2. The molecule has 0 aromatic heterocycles. The Kier molecular flexibility index (Phi) is 5.39. The van der Waals surface area contributed by atoms with Gasteiger partial charge in [-0.25, -0.2) is 0 Å². The molecule has 1 aliphatic rings. The van der Waals surface area contributed by atoms with Crippen LogP contribution in [0.4, 0.5) is 5.69 Å². The molecule has 0 radical (unpaired) electrons. The smallest absolute Gasteiger partial charge is 0.253 e. The van der Waals surface area contributed by atoms with Crippen LogP contribution >= 0.6 is 11.6 Å². The van der Waals surface area contributed by atoms with Crippen LogP contribution in [0, 0.1) is 0 Å². The molecule has 0 saturated carbocycles. The van der Waals surface area contributed by atoms with Crippen molar-refractivity contribution < 1.29 is 9.59 Å². The van der Waals surface area contributed by atoms with E-state index < -0.39 is 0 Å². The van der Waals surface area contributed by atoms with Gasteiger partial charge in [0.1, 0.15) is 0 Å². The third-order valence-corrected chi connectivity index (χ3v) is 4.83. The highest BCUT2D eigenvalue weighted by atomic mass is 35.5. The maximum Gasteiger partial charge on any atom is 0.253 e. The lowest BCUT2D eigenvalue weighted by atomic mass is 10.1. The lowest BCUT2D eigenvalue weighted by Gasteiger charge is -2.27. The molecule has 2 aromatic rings. The summed E-state index contributed by atoms with van der Waals surface area (Å²) in [4.78, 5) is 28.0. The molecule has 3 rings (SSSR count). The van der Waals surface area contributed by atoms with E-state index in [0.717, 1.165) is 30.6 Å². The lowest BCUT2D eigenvalue weighted by molar-refractivity contribution is -0.119. The predicted molar refractivity (Wildman–Crippen MR) is 99.9 cm³/mol. The van der Waals surface area contributed by atoms with Crippen molar-refractivity contribution in [3.63, 3.8) is 0 Å². The minimum atomic E-state index is -0.0727. The number of piperidine rings is 1. The van der Waals surface area contributed by atoms with Gasteiger partial charge in [0.15, 0.2) is 0 Å². The molecule has 0 aliphatic carbocycles. The van der Waals surface area contributed by atoms with E-state index >= 15 is 0 Å². The van der Waals surface area contributed by atoms with Crippen molar-refractivity contribution in [2.24, 2.45) is 0 Å². The van der Waals surface area contributed by atoms with Crippen LogP contribution in [0.1, 0.15) is 35.2 Å². The van der Waals surface area contributed by atoms with Gasteiger partial charge >= 0.3 is 0 Å². The molecule has 4 nitrogen and oxygen atoms in total. The monoisotopic (exact) mass is 356 g/mol. The van der Waals surface area contributed by atoms with E-state index in [1.807, 2.05) is 36.4 Å². The average Bonchev–Trinajstić information content (AvgIpc) is 2.63. The van der Waals surface area contributed by atoms with Crippen LogP contribution in [-0.4, -0.2) is 30.3 Å². The van der Waals surface area contributed by atoms with Gasteiger partial charge in [0.05, 0.1) is 0 Å². The molecule has 0 spiro atoms. The molecule has 0 atom stereocenters. The molecule has 25 heavy (non-hydrogen) atoms. The van der Waals surface area contributed by atoms with Gasteiger partial charge < -0.3 is 9.80 Å². The first-order valence-electron chi connectivity index (χ1n) is 8.45. The van der Waals surface area contributed by atoms with E-state index in [1.54, 1.807) is 29.0 Å². The van der Waals surface area contributed by atoms with Crippen LogP contribution in [0.25, 0.3) is 0 Å². The van der Waals surface area contributed by atoms with E-state index in [-0.39, 0.29) is 11.8 Å². The summed E-state index contributed by atoms with van der Waals surface area (Å²) in [6.45, 7) is 1.20. The number of carbonyl (C=O) groups excluding carboxylic acids is 2. The first-order chi connectivity index (χ1) is 12.1. The van der Waals surface area contributed by atoms with E-state index in [1.165, 1.54) is 0 Å². The van der Waals surface area contributed by atoms with Crippen LogP contribution in [0.3, 0.4) is 0 Å². The fourth-order valence-corrected chi connectivity index (χ4v) is 3.23. The van der Waals surface area contributed by atoms with Gasteiger partial charge in [-0.05, 0) is 48.7 Å². The normalized spacial score (nSPS) is 14.5. The van der Waals surface area contributed by atoms with Gasteiger partial charge in [0.25, 0.3) is 5.91 Å². The topological polar surface area (TPSA) is 40.6 Å². The summed E-state index contributed by atoms with van der Waals surface area (Å²) in [5.74, 6) is 0.0811. The second-order valence-corrected chi connectivity index (χ2v) is 6.71. The van der Waals surface area contributed by atoms with Gasteiger partial charge in [-0.3, -0.25) is 9.59 Å².